The summed E-state index contributed by atoms with van der Waals surface area (Å²) < 4.78 is 0. The van der Waals surface area contributed by atoms with Crippen molar-refractivity contribution < 1.29 is 40.6 Å². The molecule has 0 bridgehead atoms. The number of hydrogen-bond donors (Lipinski definition) is 5. The van der Waals surface area contributed by atoms with E-state index < -0.39 is 10.5 Å². The van der Waals surface area contributed by atoms with E-state index in [-0.39, 0.29) is 31.0 Å². The molecule has 1 rings (SSSR count). The molecule has 1 saturated heterocycles. The summed E-state index contributed by atoms with van der Waals surface area (Å²) in [4.78, 5) is 18.2. The number of nitrogens with two attached hydrogens (primary N) is 2. The van der Waals surface area contributed by atoms with Crippen molar-refractivity contribution in [3.63, 3.8) is 0 Å². The van der Waals surface area contributed by atoms with Gasteiger partial charge in [0.25, 0.3) is 10.5 Å². The summed E-state index contributed by atoms with van der Waals surface area (Å²) >= 11 is 6.21. The Bertz CT molecular complexity index is 142. The van der Waals surface area contributed by atoms with Gasteiger partial charge in [-0.25, -0.2) is 0 Å². The molecule has 1 fully saturated rings. The molecule has 0 aromatic carbocycles. The van der Waals surface area contributed by atoms with Gasteiger partial charge in [0.2, 0.25) is 0 Å². The molecule has 86 valence electrons. The molecule has 8 heteroatoms. The van der Waals surface area contributed by atoms with Crippen LogP contribution in [-0.2, 0) is 0 Å². The van der Waals surface area contributed by atoms with Crippen LogP contribution in [0.25, 0.3) is 0 Å². The minimum absolute atomic E-state index is 0. The van der Waals surface area contributed by atoms with Crippen molar-refractivity contribution in [1.82, 2.24) is 5.32 Å². The first-order valence-electron chi connectivity index (χ1n) is 4.14. The third kappa shape index (κ3) is 53.2. The summed E-state index contributed by atoms with van der Waals surface area (Å²) in [5.74, 6) is 0. The molecule has 0 aromatic rings. The van der Waals surface area contributed by atoms with Gasteiger partial charge in [0.15, 0.2) is 0 Å². The predicted octanol–water partition coefficient (Wildman–Crippen LogP) is -2.13. The Labute approximate surface area is 125 Å². The minimum atomic E-state index is -0.639. The first-order chi connectivity index (χ1) is 6.46. The number of rotatable bonds is 0. The van der Waals surface area contributed by atoms with Crippen LogP contribution in [-0.4, -0.2) is 23.6 Å². The van der Waals surface area contributed by atoms with Crippen LogP contribution in [0.15, 0.2) is 0 Å². The van der Waals surface area contributed by atoms with Crippen molar-refractivity contribution in [1.29, 1.82) is 0 Å². The normalized spacial score (nSPS) is 12.9. The van der Waals surface area contributed by atoms with Crippen LogP contribution in [0, 0.1) is 0 Å². The number of primary amides is 2. The SMILES string of the molecule is C1CCNCC1.NC(=O)S.NC(=O)S.[H-].[Na+]. The van der Waals surface area contributed by atoms with Gasteiger partial charge in [-0.15, -0.1) is 0 Å². The summed E-state index contributed by atoms with van der Waals surface area (Å²) in [6.07, 6.45) is 4.22. The molecule has 0 unspecified atom stereocenters. The molecule has 1 aliphatic rings. The van der Waals surface area contributed by atoms with Crippen molar-refractivity contribution in [2.45, 2.75) is 19.3 Å². The number of carbonyl (C=O) groups is 2. The van der Waals surface area contributed by atoms with E-state index in [0.717, 1.165) is 0 Å². The second-order valence-corrected chi connectivity index (χ2v) is 3.37. The predicted molar refractivity (Wildman–Crippen MR) is 65.0 cm³/mol. The Morgan fingerprint density at radius 3 is 1.33 bits per heavy atom. The van der Waals surface area contributed by atoms with Crippen molar-refractivity contribution in [3.05, 3.63) is 0 Å². The van der Waals surface area contributed by atoms with E-state index in [1.165, 1.54) is 32.4 Å². The van der Waals surface area contributed by atoms with Crippen molar-refractivity contribution >= 4 is 35.7 Å². The summed E-state index contributed by atoms with van der Waals surface area (Å²) in [7, 11) is 0. The second kappa shape index (κ2) is 17.0. The number of nitrogens with one attached hydrogen (secondary N) is 1. The van der Waals surface area contributed by atoms with Gasteiger partial charge in [0.1, 0.15) is 0 Å². The molecule has 0 atom stereocenters. The molecule has 1 aliphatic heterocycles. The van der Waals surface area contributed by atoms with E-state index in [1.807, 2.05) is 0 Å². The zero-order chi connectivity index (χ0) is 11.4. The molecule has 0 aromatic heterocycles. The molecule has 15 heavy (non-hydrogen) atoms. The molecule has 5 nitrogen and oxygen atoms in total. The van der Waals surface area contributed by atoms with Crippen LogP contribution in [0.3, 0.4) is 0 Å². The Morgan fingerprint density at radius 2 is 1.27 bits per heavy atom. The summed E-state index contributed by atoms with van der Waals surface area (Å²) in [6.45, 7) is 2.50. The summed E-state index contributed by atoms with van der Waals surface area (Å²) in [6, 6.07) is 0. The first kappa shape index (κ1) is 20.9. The molecule has 1 heterocycles. The monoisotopic (exact) mass is 263 g/mol. The fourth-order valence-corrected chi connectivity index (χ4v) is 0.802. The van der Waals surface area contributed by atoms with Crippen LogP contribution in [0.4, 0.5) is 9.59 Å². The third-order valence-corrected chi connectivity index (χ3v) is 1.21. The van der Waals surface area contributed by atoms with Gasteiger partial charge in [-0.3, -0.25) is 9.59 Å². The molecule has 2 amide bonds. The van der Waals surface area contributed by atoms with Gasteiger partial charge in [-0.05, 0) is 25.9 Å². The molecule has 5 N–H and O–H groups in total. The number of carbonyl (C=O) groups excluding carboxylic acids is 2. The van der Waals surface area contributed by atoms with E-state index in [0.29, 0.717) is 0 Å². The molecule has 0 radical (unpaired) electrons. The molecule has 0 aliphatic carbocycles. The van der Waals surface area contributed by atoms with Crippen molar-refractivity contribution in [3.8, 4) is 0 Å². The number of piperidine rings is 1. The zero-order valence-corrected chi connectivity index (χ0v) is 12.7. The number of thiol groups is 2. The van der Waals surface area contributed by atoms with Gasteiger partial charge in [0.05, 0.1) is 0 Å². The molecular formula is C7H18N3NaO2S2. The fraction of sp³-hybridized carbons (Fsp3) is 0.714. The maximum Gasteiger partial charge on any atom is 1.00 e. The van der Waals surface area contributed by atoms with Crippen molar-refractivity contribution in [2.75, 3.05) is 13.1 Å². The van der Waals surface area contributed by atoms with Gasteiger partial charge >= 0.3 is 29.6 Å². The Morgan fingerprint density at radius 1 is 1.00 bits per heavy atom. The van der Waals surface area contributed by atoms with E-state index in [9.17, 15) is 0 Å². The van der Waals surface area contributed by atoms with E-state index in [1.54, 1.807) is 0 Å². The third-order valence-electron chi connectivity index (χ3n) is 1.21. The summed E-state index contributed by atoms with van der Waals surface area (Å²) in [5.41, 5.74) is 8.67. The number of amides is 2. The standard InChI is InChI=1S/C5H11N.2CH3NOS.Na.H/c1-2-4-6-5-3-1;2*2-1(3)4;;/h6H,1-5H2;2*(H3,2,3,4);;/q;;;+1;-1. The average Bonchev–Trinajstić information content (AvgIpc) is 2.05. The quantitative estimate of drug-likeness (QED) is 0.255. The van der Waals surface area contributed by atoms with E-state index in [2.05, 4.69) is 42.0 Å². The first-order valence-corrected chi connectivity index (χ1v) is 5.03. The van der Waals surface area contributed by atoms with Crippen LogP contribution >= 0.6 is 25.3 Å². The van der Waals surface area contributed by atoms with Crippen LogP contribution in [0.2, 0.25) is 0 Å². The fourth-order valence-electron chi connectivity index (χ4n) is 0.802. The smallest absolute Gasteiger partial charge is 1.00 e. The van der Waals surface area contributed by atoms with Crippen LogP contribution < -0.4 is 46.3 Å². The van der Waals surface area contributed by atoms with Crippen LogP contribution in [0.1, 0.15) is 20.7 Å². The average molecular weight is 263 g/mol. The topological polar surface area (TPSA) is 98.2 Å². The van der Waals surface area contributed by atoms with Crippen molar-refractivity contribution in [2.24, 2.45) is 11.5 Å². The van der Waals surface area contributed by atoms with Gasteiger partial charge in [-0.1, -0.05) is 31.7 Å². The zero-order valence-electron chi connectivity index (χ0n) is 9.90. The van der Waals surface area contributed by atoms with Gasteiger partial charge in [-0.2, -0.15) is 0 Å². The maximum atomic E-state index is 9.09. The number of hydrogen-bond acceptors (Lipinski definition) is 3. The maximum absolute atomic E-state index is 9.09. The summed E-state index contributed by atoms with van der Waals surface area (Å²) in [5, 5.41) is 2.01. The van der Waals surface area contributed by atoms with Crippen LogP contribution in [0.5, 0.6) is 0 Å². The minimum Gasteiger partial charge on any atom is -1.00 e. The van der Waals surface area contributed by atoms with E-state index in [4.69, 9.17) is 9.59 Å². The molecular weight excluding hydrogens is 245 g/mol. The van der Waals surface area contributed by atoms with Gasteiger partial charge < -0.3 is 18.2 Å². The Hall–Kier alpha value is 0.600. The van der Waals surface area contributed by atoms with E-state index >= 15 is 0 Å². The second-order valence-electron chi connectivity index (χ2n) is 2.49. The van der Waals surface area contributed by atoms with Gasteiger partial charge in [0, 0.05) is 0 Å². The Balaban J connectivity index is -0.0000000660. The largest absolute Gasteiger partial charge is 1.00 e. The Kier molecular flexibility index (Phi) is 23.8. The molecule has 0 saturated carbocycles. The molecule has 0 spiro atoms.